The van der Waals surface area contributed by atoms with Gasteiger partial charge in [0, 0.05) is 0 Å². The summed E-state index contributed by atoms with van der Waals surface area (Å²) >= 11 is 0. The van der Waals surface area contributed by atoms with Crippen molar-refractivity contribution in [2.45, 2.75) is 19.8 Å². The van der Waals surface area contributed by atoms with E-state index in [1.54, 1.807) is 0 Å². The van der Waals surface area contributed by atoms with Crippen LogP contribution in [0.25, 0.3) is 0 Å². The van der Waals surface area contributed by atoms with Crippen LogP contribution in [0.2, 0.25) is 0 Å². The molecule has 1 atom stereocenters. The molecule has 0 aromatic rings. The molecule has 1 unspecified atom stereocenters. The summed E-state index contributed by atoms with van der Waals surface area (Å²) in [6.45, 7) is 2.43. The van der Waals surface area contributed by atoms with Crippen LogP contribution >= 0.6 is 8.25 Å². The molecule has 0 aromatic carbocycles. The lowest BCUT2D eigenvalue weighted by molar-refractivity contribution is 0.255. The number of hydrogen-bond acceptors (Lipinski definition) is 5. The lowest BCUT2D eigenvalue weighted by Crippen LogP contribution is -2.01. The third-order valence-electron chi connectivity index (χ3n) is 1.08. The Bertz CT molecular complexity index is 172. The van der Waals surface area contributed by atoms with E-state index in [9.17, 15) is 4.57 Å². The van der Waals surface area contributed by atoms with Crippen LogP contribution < -0.4 is 11.5 Å². The maximum atomic E-state index is 10.9. The number of nitrogens with two attached hydrogens (primary N) is 2. The standard InChI is InChI=1S/C6H15N2O3P/c1-2-3-4-10-12(9)11-6(8)5-7/h5,12H,2-4,7-8H2,1H3. The second-order valence-electron chi connectivity index (χ2n) is 2.12. The highest BCUT2D eigenvalue weighted by Gasteiger charge is 1.99. The molecule has 0 saturated heterocycles. The Morgan fingerprint density at radius 3 is 2.83 bits per heavy atom. The van der Waals surface area contributed by atoms with Crippen molar-refractivity contribution >= 4 is 8.25 Å². The Balaban J connectivity index is 3.47. The number of unbranched alkanes of at least 4 members (excludes halogenated alkanes) is 1. The van der Waals surface area contributed by atoms with Gasteiger partial charge in [0.25, 0.3) is 0 Å². The van der Waals surface area contributed by atoms with E-state index in [0.717, 1.165) is 19.0 Å². The molecule has 4 N–H and O–H groups in total. The highest BCUT2D eigenvalue weighted by atomic mass is 31.1. The first kappa shape index (κ1) is 11.3. The minimum atomic E-state index is -2.50. The molecule has 5 nitrogen and oxygen atoms in total. The topological polar surface area (TPSA) is 87.6 Å². The molecule has 0 saturated carbocycles. The van der Waals surface area contributed by atoms with Crippen LogP contribution in [0.3, 0.4) is 0 Å². The summed E-state index contributed by atoms with van der Waals surface area (Å²) in [5, 5.41) is 0. The zero-order valence-corrected chi connectivity index (χ0v) is 8.08. The molecule has 0 aliphatic carbocycles. The summed E-state index contributed by atoms with van der Waals surface area (Å²) in [5.74, 6) is -0.0737. The second kappa shape index (κ2) is 7.00. The first-order valence-electron chi connectivity index (χ1n) is 3.72. The monoisotopic (exact) mass is 194 g/mol. The van der Waals surface area contributed by atoms with Gasteiger partial charge in [0.1, 0.15) is 0 Å². The summed E-state index contributed by atoms with van der Waals surface area (Å²) in [4.78, 5) is 0. The molecule has 0 bridgehead atoms. The van der Waals surface area contributed by atoms with E-state index >= 15 is 0 Å². The molecule has 72 valence electrons. The molecule has 0 radical (unpaired) electrons. The van der Waals surface area contributed by atoms with Crippen LogP contribution in [0.15, 0.2) is 12.1 Å². The number of rotatable bonds is 6. The van der Waals surface area contributed by atoms with Gasteiger partial charge in [0.15, 0.2) is 0 Å². The quantitative estimate of drug-likeness (QED) is 0.373. The van der Waals surface area contributed by atoms with Gasteiger partial charge in [-0.1, -0.05) is 13.3 Å². The minimum Gasteiger partial charge on any atom is -0.409 e. The molecule has 0 fully saturated rings. The summed E-state index contributed by atoms with van der Waals surface area (Å²) < 4.78 is 20.2. The SMILES string of the molecule is CCCCO[PH](=O)OC(N)=CN. The highest BCUT2D eigenvalue weighted by Crippen LogP contribution is 2.25. The van der Waals surface area contributed by atoms with Crippen LogP contribution in [0.5, 0.6) is 0 Å². The summed E-state index contributed by atoms with van der Waals surface area (Å²) in [7, 11) is -2.50. The van der Waals surface area contributed by atoms with Gasteiger partial charge in [-0.05, 0) is 6.42 Å². The van der Waals surface area contributed by atoms with Gasteiger partial charge in [-0.15, -0.1) is 0 Å². The summed E-state index contributed by atoms with van der Waals surface area (Å²) in [6.07, 6.45) is 2.87. The van der Waals surface area contributed by atoms with Crippen LogP contribution in [-0.2, 0) is 13.6 Å². The number of hydrogen-bond donors (Lipinski definition) is 2. The molecule has 0 heterocycles. The van der Waals surface area contributed by atoms with Crippen molar-refractivity contribution in [2.75, 3.05) is 6.61 Å². The van der Waals surface area contributed by atoms with Crippen LogP contribution in [-0.4, -0.2) is 6.61 Å². The summed E-state index contributed by atoms with van der Waals surface area (Å²) in [6, 6.07) is 0. The average molecular weight is 194 g/mol. The predicted octanol–water partition coefficient (Wildman–Crippen LogP) is 0.926. The van der Waals surface area contributed by atoms with Crippen LogP contribution in [0.4, 0.5) is 0 Å². The molecule has 12 heavy (non-hydrogen) atoms. The van der Waals surface area contributed by atoms with Crippen LogP contribution in [0, 0.1) is 0 Å². The minimum absolute atomic E-state index is 0.0737. The fraction of sp³-hybridized carbons (Fsp3) is 0.667. The molecule has 6 heteroatoms. The van der Waals surface area contributed by atoms with Gasteiger partial charge >= 0.3 is 8.25 Å². The maximum Gasteiger partial charge on any atom is 0.369 e. The van der Waals surface area contributed by atoms with Gasteiger partial charge < -0.3 is 20.5 Å². The lowest BCUT2D eigenvalue weighted by atomic mass is 10.4. The van der Waals surface area contributed by atoms with Crippen molar-refractivity contribution in [1.29, 1.82) is 0 Å². The van der Waals surface area contributed by atoms with E-state index in [2.05, 4.69) is 4.52 Å². The van der Waals surface area contributed by atoms with Gasteiger partial charge in [0.05, 0.1) is 12.8 Å². The van der Waals surface area contributed by atoms with Gasteiger partial charge in [-0.25, -0.2) is 4.57 Å². The molecular weight excluding hydrogens is 179 g/mol. The van der Waals surface area contributed by atoms with Crippen molar-refractivity contribution in [2.24, 2.45) is 11.5 Å². The first-order valence-corrected chi connectivity index (χ1v) is 4.95. The second-order valence-corrected chi connectivity index (χ2v) is 3.12. The molecular formula is C6H15N2O3P. The van der Waals surface area contributed by atoms with E-state index in [-0.39, 0.29) is 5.88 Å². The molecule has 0 aliphatic rings. The third-order valence-corrected chi connectivity index (χ3v) is 1.93. The Hall–Kier alpha value is -0.670. The van der Waals surface area contributed by atoms with Gasteiger partial charge in [-0.2, -0.15) is 0 Å². The first-order chi connectivity index (χ1) is 5.70. The predicted molar refractivity (Wildman–Crippen MR) is 47.4 cm³/mol. The Morgan fingerprint density at radius 2 is 2.33 bits per heavy atom. The average Bonchev–Trinajstić information content (AvgIpc) is 2.05. The van der Waals surface area contributed by atoms with E-state index in [1.807, 2.05) is 6.92 Å². The molecule has 0 amide bonds. The normalized spacial score (nSPS) is 14.2. The zero-order chi connectivity index (χ0) is 9.40. The van der Waals surface area contributed by atoms with Crippen molar-refractivity contribution < 1.29 is 13.6 Å². The zero-order valence-electron chi connectivity index (χ0n) is 7.08. The van der Waals surface area contributed by atoms with Crippen molar-refractivity contribution in [1.82, 2.24) is 0 Å². The van der Waals surface area contributed by atoms with E-state index in [1.165, 1.54) is 0 Å². The summed E-state index contributed by atoms with van der Waals surface area (Å²) in [5.41, 5.74) is 10.1. The van der Waals surface area contributed by atoms with E-state index < -0.39 is 8.25 Å². The molecule has 0 rings (SSSR count). The fourth-order valence-electron chi connectivity index (χ4n) is 0.460. The Labute approximate surface area is 72.7 Å². The third kappa shape index (κ3) is 6.07. The van der Waals surface area contributed by atoms with Crippen molar-refractivity contribution in [3.05, 3.63) is 12.1 Å². The largest absolute Gasteiger partial charge is 0.409 e. The Kier molecular flexibility index (Phi) is 6.61. The fourth-order valence-corrected chi connectivity index (χ4v) is 1.09. The van der Waals surface area contributed by atoms with Crippen molar-refractivity contribution in [3.63, 3.8) is 0 Å². The van der Waals surface area contributed by atoms with E-state index in [4.69, 9.17) is 16.0 Å². The smallest absolute Gasteiger partial charge is 0.369 e. The van der Waals surface area contributed by atoms with Gasteiger partial charge in [-0.3, -0.25) is 0 Å². The Morgan fingerprint density at radius 1 is 1.67 bits per heavy atom. The molecule has 0 aromatic heterocycles. The van der Waals surface area contributed by atoms with Crippen LogP contribution in [0.1, 0.15) is 19.8 Å². The molecule has 0 aliphatic heterocycles. The van der Waals surface area contributed by atoms with Gasteiger partial charge in [0.2, 0.25) is 5.88 Å². The maximum absolute atomic E-state index is 10.9. The van der Waals surface area contributed by atoms with Crippen molar-refractivity contribution in [3.8, 4) is 0 Å². The lowest BCUT2D eigenvalue weighted by Gasteiger charge is -2.04. The highest BCUT2D eigenvalue weighted by molar-refractivity contribution is 7.33. The molecule has 0 spiro atoms. The van der Waals surface area contributed by atoms with E-state index in [0.29, 0.717) is 6.61 Å².